The number of hydrogen-bond donors (Lipinski definition) is 1. The fourth-order valence-electron chi connectivity index (χ4n) is 2.12. The summed E-state index contributed by atoms with van der Waals surface area (Å²) in [5.74, 6) is 0.677. The smallest absolute Gasteiger partial charge is 0.139 e. The highest BCUT2D eigenvalue weighted by atomic mass is 35.5. The number of pyridine rings is 1. The molecule has 0 spiro atoms. The van der Waals surface area contributed by atoms with Gasteiger partial charge in [-0.25, -0.2) is 0 Å². The van der Waals surface area contributed by atoms with Crippen LogP contribution in [0.25, 0.3) is 21.8 Å². The van der Waals surface area contributed by atoms with Crippen LogP contribution >= 0.6 is 11.6 Å². The molecule has 0 amide bonds. The highest BCUT2D eigenvalue weighted by Gasteiger charge is 2.10. The topological polar surface area (TPSA) is 37.9 Å². The van der Waals surface area contributed by atoms with Crippen molar-refractivity contribution in [2.45, 2.75) is 6.92 Å². The van der Waals surface area contributed by atoms with E-state index in [0.29, 0.717) is 10.8 Å². The predicted octanol–water partition coefficient (Wildman–Crippen LogP) is 3.69. The van der Waals surface area contributed by atoms with Gasteiger partial charge in [-0.05, 0) is 19.1 Å². The molecule has 3 rings (SSSR count). The van der Waals surface area contributed by atoms with Crippen LogP contribution in [0.5, 0.6) is 5.75 Å². The number of nitrogens with one attached hydrogen (secondary N) is 1. The molecule has 3 nitrogen and oxygen atoms in total. The van der Waals surface area contributed by atoms with E-state index in [-0.39, 0.29) is 0 Å². The van der Waals surface area contributed by atoms with E-state index in [0.717, 1.165) is 27.5 Å². The fourth-order valence-corrected chi connectivity index (χ4v) is 2.36. The minimum Gasteiger partial charge on any atom is -0.495 e. The molecule has 3 aromatic rings. The number of aromatic nitrogens is 2. The first-order valence-corrected chi connectivity index (χ1v) is 5.69. The summed E-state index contributed by atoms with van der Waals surface area (Å²) in [7, 11) is 1.61. The van der Waals surface area contributed by atoms with Crippen LogP contribution in [-0.4, -0.2) is 17.1 Å². The molecule has 86 valence electrons. The van der Waals surface area contributed by atoms with E-state index in [1.807, 2.05) is 31.3 Å². The van der Waals surface area contributed by atoms with Crippen molar-refractivity contribution in [3.05, 3.63) is 35.1 Å². The summed E-state index contributed by atoms with van der Waals surface area (Å²) in [5, 5.41) is 2.85. The molecule has 0 aliphatic rings. The summed E-state index contributed by atoms with van der Waals surface area (Å²) in [6.07, 6.45) is 1.81. The van der Waals surface area contributed by atoms with Crippen LogP contribution in [-0.2, 0) is 0 Å². The molecule has 0 saturated heterocycles. The lowest BCUT2D eigenvalue weighted by molar-refractivity contribution is 0.415. The number of benzene rings is 1. The maximum Gasteiger partial charge on any atom is 0.139 e. The molecule has 0 radical (unpaired) electrons. The molecule has 2 heterocycles. The molecule has 4 heteroatoms. The maximum atomic E-state index is 6.15. The van der Waals surface area contributed by atoms with Crippen molar-refractivity contribution in [1.29, 1.82) is 0 Å². The molecule has 2 aromatic heterocycles. The van der Waals surface area contributed by atoms with Crippen LogP contribution in [0, 0.1) is 6.92 Å². The summed E-state index contributed by atoms with van der Waals surface area (Å²) in [6.45, 7) is 1.98. The van der Waals surface area contributed by atoms with E-state index in [1.54, 1.807) is 7.11 Å². The molecule has 0 aliphatic carbocycles. The summed E-state index contributed by atoms with van der Waals surface area (Å²) in [5.41, 5.74) is 3.04. The average Bonchev–Trinajstić information content (AvgIpc) is 2.68. The van der Waals surface area contributed by atoms with Gasteiger partial charge < -0.3 is 9.72 Å². The lowest BCUT2D eigenvalue weighted by Crippen LogP contribution is -1.83. The van der Waals surface area contributed by atoms with Crippen molar-refractivity contribution >= 4 is 33.4 Å². The normalized spacial score (nSPS) is 11.2. The van der Waals surface area contributed by atoms with E-state index in [1.165, 1.54) is 0 Å². The van der Waals surface area contributed by atoms with Gasteiger partial charge in [0.15, 0.2) is 0 Å². The van der Waals surface area contributed by atoms with Crippen molar-refractivity contribution in [3.63, 3.8) is 0 Å². The largest absolute Gasteiger partial charge is 0.495 e. The van der Waals surface area contributed by atoms with E-state index >= 15 is 0 Å². The number of nitrogens with zero attached hydrogens (tertiary/aromatic N) is 1. The summed E-state index contributed by atoms with van der Waals surface area (Å²) in [4.78, 5) is 7.62. The lowest BCUT2D eigenvalue weighted by atomic mass is 10.1. The Bertz CT molecular complexity index is 718. The van der Waals surface area contributed by atoms with Crippen LogP contribution < -0.4 is 4.74 Å². The quantitative estimate of drug-likeness (QED) is 0.711. The monoisotopic (exact) mass is 246 g/mol. The SMILES string of the molecule is COc1cc2[nH]c3c(C)nccc3c2cc1Cl. The molecule has 0 saturated carbocycles. The third-order valence-electron chi connectivity index (χ3n) is 2.98. The first-order chi connectivity index (χ1) is 8.20. The average molecular weight is 247 g/mol. The third kappa shape index (κ3) is 1.46. The van der Waals surface area contributed by atoms with Gasteiger partial charge in [0.2, 0.25) is 0 Å². The second-order valence-corrected chi connectivity index (χ2v) is 4.38. The van der Waals surface area contributed by atoms with E-state index in [4.69, 9.17) is 16.3 Å². The Morgan fingerprint density at radius 3 is 2.88 bits per heavy atom. The number of hydrogen-bond acceptors (Lipinski definition) is 2. The molecule has 0 atom stereocenters. The Labute approximate surface area is 103 Å². The van der Waals surface area contributed by atoms with E-state index < -0.39 is 0 Å². The van der Waals surface area contributed by atoms with Gasteiger partial charge in [-0.15, -0.1) is 0 Å². The summed E-state index contributed by atoms with van der Waals surface area (Å²) in [6, 6.07) is 5.83. The van der Waals surface area contributed by atoms with Gasteiger partial charge in [-0.2, -0.15) is 0 Å². The summed E-state index contributed by atoms with van der Waals surface area (Å²) < 4.78 is 5.21. The fraction of sp³-hybridized carbons (Fsp3) is 0.154. The number of halogens is 1. The Morgan fingerprint density at radius 1 is 1.29 bits per heavy atom. The Hall–Kier alpha value is -1.74. The van der Waals surface area contributed by atoms with E-state index in [2.05, 4.69) is 9.97 Å². The minimum atomic E-state index is 0.621. The van der Waals surface area contributed by atoms with Gasteiger partial charge in [0.25, 0.3) is 0 Å². The Morgan fingerprint density at radius 2 is 2.12 bits per heavy atom. The van der Waals surface area contributed by atoms with Crippen LogP contribution in [0.1, 0.15) is 5.69 Å². The molecule has 1 aromatic carbocycles. The van der Waals surface area contributed by atoms with Gasteiger partial charge in [0, 0.05) is 23.0 Å². The molecule has 0 unspecified atom stereocenters. The zero-order valence-electron chi connectivity index (χ0n) is 9.54. The van der Waals surface area contributed by atoms with E-state index in [9.17, 15) is 0 Å². The van der Waals surface area contributed by atoms with Crippen LogP contribution in [0.4, 0.5) is 0 Å². The number of methoxy groups -OCH3 is 1. The van der Waals surface area contributed by atoms with Crippen LogP contribution in [0.15, 0.2) is 24.4 Å². The van der Waals surface area contributed by atoms with Gasteiger partial charge in [0.1, 0.15) is 5.75 Å². The van der Waals surface area contributed by atoms with Crippen molar-refractivity contribution in [1.82, 2.24) is 9.97 Å². The van der Waals surface area contributed by atoms with Crippen molar-refractivity contribution in [2.75, 3.05) is 7.11 Å². The second-order valence-electron chi connectivity index (χ2n) is 3.98. The molecule has 17 heavy (non-hydrogen) atoms. The predicted molar refractivity (Wildman–Crippen MR) is 69.9 cm³/mol. The number of fused-ring (bicyclic) bond motifs is 3. The Kier molecular flexibility index (Phi) is 2.23. The second kappa shape index (κ2) is 3.64. The molecule has 0 bridgehead atoms. The summed E-state index contributed by atoms with van der Waals surface area (Å²) >= 11 is 6.15. The van der Waals surface area contributed by atoms with Gasteiger partial charge in [-0.3, -0.25) is 4.98 Å². The lowest BCUT2D eigenvalue weighted by Gasteiger charge is -2.02. The van der Waals surface area contributed by atoms with Gasteiger partial charge in [0.05, 0.1) is 28.9 Å². The Balaban J connectivity index is 2.48. The number of aromatic amines is 1. The zero-order chi connectivity index (χ0) is 12.0. The third-order valence-corrected chi connectivity index (χ3v) is 3.28. The number of H-pyrrole nitrogens is 1. The van der Waals surface area contributed by atoms with Gasteiger partial charge >= 0.3 is 0 Å². The maximum absolute atomic E-state index is 6.15. The standard InChI is InChI=1S/C13H11ClN2O/c1-7-13-8(3-4-15-7)9-5-10(14)12(17-2)6-11(9)16-13/h3-6,16H,1-2H3. The highest BCUT2D eigenvalue weighted by molar-refractivity contribution is 6.33. The zero-order valence-corrected chi connectivity index (χ0v) is 10.3. The molecule has 1 N–H and O–H groups in total. The number of aryl methyl sites for hydroxylation is 1. The molecule has 0 fully saturated rings. The van der Waals surface area contributed by atoms with Crippen molar-refractivity contribution in [2.24, 2.45) is 0 Å². The van der Waals surface area contributed by atoms with Crippen LogP contribution in [0.2, 0.25) is 5.02 Å². The molecular formula is C13H11ClN2O. The number of ether oxygens (including phenoxy) is 1. The number of rotatable bonds is 1. The van der Waals surface area contributed by atoms with Crippen LogP contribution in [0.3, 0.4) is 0 Å². The minimum absolute atomic E-state index is 0.621. The molecular weight excluding hydrogens is 236 g/mol. The van der Waals surface area contributed by atoms with Crippen molar-refractivity contribution in [3.8, 4) is 5.75 Å². The van der Waals surface area contributed by atoms with Crippen molar-refractivity contribution < 1.29 is 4.74 Å². The first-order valence-electron chi connectivity index (χ1n) is 5.31. The highest BCUT2D eigenvalue weighted by Crippen LogP contribution is 2.34. The molecule has 0 aliphatic heterocycles. The van der Waals surface area contributed by atoms with Gasteiger partial charge in [-0.1, -0.05) is 11.6 Å². The first kappa shape index (κ1) is 10.4.